The molecule has 134 valence electrons. The first kappa shape index (κ1) is 17.9. The van der Waals surface area contributed by atoms with Gasteiger partial charge < -0.3 is 14.5 Å². The molecule has 0 aliphatic carbocycles. The van der Waals surface area contributed by atoms with E-state index < -0.39 is 4.92 Å². The highest BCUT2D eigenvalue weighted by atomic mass is 79.9. The highest BCUT2D eigenvalue weighted by molar-refractivity contribution is 9.10. The lowest BCUT2D eigenvalue weighted by molar-refractivity contribution is -0.384. The number of nitro groups is 1. The highest BCUT2D eigenvalue weighted by Crippen LogP contribution is 2.46. The van der Waals surface area contributed by atoms with Gasteiger partial charge in [0.1, 0.15) is 11.3 Å². The standard InChI is InChI=1S/C18H15BrN2O5/c1-9(22)16-14(10-4-6-11(19)7-5-10)15-12(25-2)8-13(26-3)18(21(23)24)17(15)20-16/h4-8,20H,1-3H3. The maximum absolute atomic E-state index is 12.2. The third kappa shape index (κ3) is 2.82. The average molecular weight is 419 g/mol. The quantitative estimate of drug-likeness (QED) is 0.367. The van der Waals surface area contributed by atoms with Crippen LogP contribution in [0.3, 0.4) is 0 Å². The second kappa shape index (κ2) is 6.80. The van der Waals surface area contributed by atoms with Crippen molar-refractivity contribution in [3.8, 4) is 22.6 Å². The Morgan fingerprint density at radius 3 is 2.27 bits per heavy atom. The third-order valence-electron chi connectivity index (χ3n) is 4.09. The molecule has 0 amide bonds. The van der Waals surface area contributed by atoms with E-state index in [0.29, 0.717) is 16.7 Å². The largest absolute Gasteiger partial charge is 0.496 e. The molecule has 1 aromatic heterocycles. The van der Waals surface area contributed by atoms with Gasteiger partial charge in [0.25, 0.3) is 0 Å². The van der Waals surface area contributed by atoms with Crippen LogP contribution in [0, 0.1) is 10.1 Å². The van der Waals surface area contributed by atoms with E-state index >= 15 is 0 Å². The van der Waals surface area contributed by atoms with E-state index in [-0.39, 0.29) is 28.4 Å². The number of carbonyl (C=O) groups excluding carboxylic acids is 1. The molecule has 0 unspecified atom stereocenters. The van der Waals surface area contributed by atoms with Crippen molar-refractivity contribution in [3.63, 3.8) is 0 Å². The molecule has 3 rings (SSSR count). The number of halogens is 1. The number of methoxy groups -OCH3 is 2. The van der Waals surface area contributed by atoms with Crippen LogP contribution in [-0.4, -0.2) is 29.9 Å². The van der Waals surface area contributed by atoms with Gasteiger partial charge in [-0.2, -0.15) is 0 Å². The molecule has 0 aliphatic rings. The van der Waals surface area contributed by atoms with Gasteiger partial charge in [0, 0.05) is 23.0 Å². The van der Waals surface area contributed by atoms with Gasteiger partial charge in [-0.15, -0.1) is 0 Å². The Kier molecular flexibility index (Phi) is 4.69. The monoisotopic (exact) mass is 418 g/mol. The Labute approximate surface area is 157 Å². The number of nitro benzene ring substituents is 1. The van der Waals surface area contributed by atoms with Gasteiger partial charge in [0.15, 0.2) is 5.78 Å². The summed E-state index contributed by atoms with van der Waals surface area (Å²) in [5.41, 5.74) is 1.52. The van der Waals surface area contributed by atoms with E-state index in [4.69, 9.17) is 9.47 Å². The molecule has 0 spiro atoms. The Morgan fingerprint density at radius 1 is 1.15 bits per heavy atom. The fourth-order valence-corrected chi connectivity index (χ4v) is 3.24. The first-order chi connectivity index (χ1) is 12.4. The molecule has 0 radical (unpaired) electrons. The van der Waals surface area contributed by atoms with Gasteiger partial charge >= 0.3 is 5.69 Å². The zero-order valence-electron chi connectivity index (χ0n) is 14.3. The molecule has 0 saturated carbocycles. The van der Waals surface area contributed by atoms with E-state index in [2.05, 4.69) is 20.9 Å². The fraction of sp³-hybridized carbons (Fsp3) is 0.167. The van der Waals surface area contributed by atoms with Crippen LogP contribution in [0.2, 0.25) is 0 Å². The molecule has 1 heterocycles. The van der Waals surface area contributed by atoms with Crippen molar-refractivity contribution >= 4 is 38.3 Å². The number of nitrogens with zero attached hydrogens (tertiary/aromatic N) is 1. The van der Waals surface area contributed by atoms with Gasteiger partial charge in [-0.3, -0.25) is 14.9 Å². The zero-order chi connectivity index (χ0) is 19.0. The number of H-pyrrole nitrogens is 1. The minimum Gasteiger partial charge on any atom is -0.496 e. The van der Waals surface area contributed by atoms with Crippen LogP contribution in [0.1, 0.15) is 17.4 Å². The number of Topliss-reactive ketones (excluding diaryl/α,β-unsaturated/α-hetero) is 1. The number of benzene rings is 2. The molecule has 7 nitrogen and oxygen atoms in total. The van der Waals surface area contributed by atoms with Gasteiger partial charge in [0.05, 0.1) is 30.2 Å². The predicted octanol–water partition coefficient (Wildman–Crippen LogP) is 4.73. The topological polar surface area (TPSA) is 94.5 Å². The fourth-order valence-electron chi connectivity index (χ4n) is 2.97. The van der Waals surface area contributed by atoms with Crippen LogP contribution in [0.25, 0.3) is 22.0 Å². The third-order valence-corrected chi connectivity index (χ3v) is 4.61. The molecule has 0 atom stereocenters. The summed E-state index contributed by atoms with van der Waals surface area (Å²) in [6.07, 6.45) is 0. The van der Waals surface area contributed by atoms with E-state index in [1.807, 2.05) is 24.3 Å². The van der Waals surface area contributed by atoms with Gasteiger partial charge in [-0.05, 0) is 17.7 Å². The Bertz CT molecular complexity index is 1020. The van der Waals surface area contributed by atoms with Crippen molar-refractivity contribution in [1.82, 2.24) is 4.98 Å². The number of carbonyl (C=O) groups is 1. The maximum atomic E-state index is 12.2. The molecule has 0 aliphatic heterocycles. The summed E-state index contributed by atoms with van der Waals surface area (Å²) < 4.78 is 11.5. The van der Waals surface area contributed by atoms with Crippen LogP contribution < -0.4 is 9.47 Å². The summed E-state index contributed by atoms with van der Waals surface area (Å²) in [5, 5.41) is 12.1. The maximum Gasteiger partial charge on any atom is 0.335 e. The van der Waals surface area contributed by atoms with Gasteiger partial charge in [-0.1, -0.05) is 28.1 Å². The summed E-state index contributed by atoms with van der Waals surface area (Å²) in [5.74, 6) is 0.191. The summed E-state index contributed by atoms with van der Waals surface area (Å²) in [7, 11) is 2.81. The summed E-state index contributed by atoms with van der Waals surface area (Å²) >= 11 is 3.38. The van der Waals surface area contributed by atoms with Crippen LogP contribution in [0.15, 0.2) is 34.8 Å². The van der Waals surface area contributed by atoms with Gasteiger partial charge in [-0.25, -0.2) is 0 Å². The molecule has 26 heavy (non-hydrogen) atoms. The lowest BCUT2D eigenvalue weighted by Crippen LogP contribution is -1.97. The number of aromatic nitrogens is 1. The lowest BCUT2D eigenvalue weighted by Gasteiger charge is -2.09. The zero-order valence-corrected chi connectivity index (χ0v) is 15.8. The van der Waals surface area contributed by atoms with E-state index in [9.17, 15) is 14.9 Å². The molecule has 0 saturated heterocycles. The second-order valence-corrected chi connectivity index (χ2v) is 6.49. The first-order valence-electron chi connectivity index (χ1n) is 7.61. The molecule has 2 aromatic carbocycles. The molecule has 0 fully saturated rings. The molecule has 8 heteroatoms. The number of aromatic amines is 1. The number of ether oxygens (including phenoxy) is 2. The molecular formula is C18H15BrN2O5. The normalized spacial score (nSPS) is 10.8. The van der Waals surface area contributed by atoms with Crippen molar-refractivity contribution in [2.75, 3.05) is 14.2 Å². The SMILES string of the molecule is COc1cc(OC)c2c(-c3ccc(Br)cc3)c(C(C)=O)[nH]c2c1[N+](=O)[O-]. The minimum atomic E-state index is -0.535. The summed E-state index contributed by atoms with van der Waals surface area (Å²) in [4.78, 5) is 26.2. The highest BCUT2D eigenvalue weighted by Gasteiger charge is 2.29. The molecular weight excluding hydrogens is 404 g/mol. The number of rotatable bonds is 5. The van der Waals surface area contributed by atoms with Crippen LogP contribution in [-0.2, 0) is 0 Å². The predicted molar refractivity (Wildman–Crippen MR) is 101 cm³/mol. The average Bonchev–Trinajstić information content (AvgIpc) is 3.01. The van der Waals surface area contributed by atoms with E-state index in [1.54, 1.807) is 0 Å². The number of ketones is 1. The molecule has 3 aromatic rings. The Balaban J connectivity index is 2.52. The van der Waals surface area contributed by atoms with Crippen LogP contribution in [0.5, 0.6) is 11.5 Å². The van der Waals surface area contributed by atoms with E-state index in [0.717, 1.165) is 10.0 Å². The number of fused-ring (bicyclic) bond motifs is 1. The van der Waals surface area contributed by atoms with E-state index in [1.165, 1.54) is 27.2 Å². The van der Waals surface area contributed by atoms with Crippen molar-refractivity contribution in [2.45, 2.75) is 6.92 Å². The number of nitrogens with one attached hydrogen (secondary N) is 1. The van der Waals surface area contributed by atoms with Crippen LogP contribution in [0.4, 0.5) is 5.69 Å². The van der Waals surface area contributed by atoms with Crippen molar-refractivity contribution in [3.05, 3.63) is 50.6 Å². The summed E-state index contributed by atoms with van der Waals surface area (Å²) in [6.45, 7) is 1.41. The first-order valence-corrected chi connectivity index (χ1v) is 8.40. The van der Waals surface area contributed by atoms with Gasteiger partial charge in [0.2, 0.25) is 5.75 Å². The Morgan fingerprint density at radius 2 is 1.77 bits per heavy atom. The second-order valence-electron chi connectivity index (χ2n) is 5.57. The minimum absolute atomic E-state index is 0.0538. The van der Waals surface area contributed by atoms with Crippen molar-refractivity contribution in [2.24, 2.45) is 0 Å². The number of hydrogen-bond donors (Lipinski definition) is 1. The van der Waals surface area contributed by atoms with Crippen molar-refractivity contribution < 1.29 is 19.2 Å². The summed E-state index contributed by atoms with van der Waals surface area (Å²) in [6, 6.07) is 8.79. The lowest BCUT2D eigenvalue weighted by atomic mass is 9.99. The smallest absolute Gasteiger partial charge is 0.335 e. The number of hydrogen-bond acceptors (Lipinski definition) is 5. The Hall–Kier alpha value is -2.87. The van der Waals surface area contributed by atoms with Crippen LogP contribution >= 0.6 is 15.9 Å². The van der Waals surface area contributed by atoms with Crippen molar-refractivity contribution in [1.29, 1.82) is 0 Å². The molecule has 1 N–H and O–H groups in total. The molecule has 0 bridgehead atoms.